The molecule has 0 aliphatic heterocycles. The van der Waals surface area contributed by atoms with Crippen molar-refractivity contribution >= 4 is 17.5 Å². The molecule has 132 valence electrons. The minimum atomic E-state index is -1.20. The van der Waals surface area contributed by atoms with Crippen LogP contribution in [0.5, 0.6) is 0 Å². The van der Waals surface area contributed by atoms with Crippen molar-refractivity contribution in [2.75, 3.05) is 11.9 Å². The second kappa shape index (κ2) is 7.92. The molecule has 0 saturated heterocycles. The van der Waals surface area contributed by atoms with E-state index >= 15 is 0 Å². The van der Waals surface area contributed by atoms with Crippen molar-refractivity contribution in [1.29, 1.82) is 0 Å². The summed E-state index contributed by atoms with van der Waals surface area (Å²) in [4.78, 5) is 24.8. The summed E-state index contributed by atoms with van der Waals surface area (Å²) in [7, 11) is 0. The Morgan fingerprint density at radius 3 is 2.16 bits per heavy atom. The van der Waals surface area contributed by atoms with E-state index < -0.39 is 5.41 Å². The van der Waals surface area contributed by atoms with Gasteiger partial charge in [-0.05, 0) is 57.0 Å². The highest BCUT2D eigenvalue weighted by molar-refractivity contribution is 6.09. The fourth-order valence-corrected chi connectivity index (χ4v) is 2.22. The van der Waals surface area contributed by atoms with E-state index in [1.807, 2.05) is 19.1 Å². The Morgan fingerprint density at radius 1 is 0.960 bits per heavy atom. The zero-order valence-corrected chi connectivity index (χ0v) is 14.7. The van der Waals surface area contributed by atoms with Gasteiger partial charge in [0.15, 0.2) is 0 Å². The summed E-state index contributed by atoms with van der Waals surface area (Å²) in [5, 5.41) is 5.53. The number of halogens is 1. The van der Waals surface area contributed by atoms with Gasteiger partial charge in [-0.15, -0.1) is 0 Å². The van der Waals surface area contributed by atoms with Gasteiger partial charge in [0.2, 0.25) is 11.8 Å². The molecular formula is C20H23FN2O2. The molecule has 0 bridgehead atoms. The van der Waals surface area contributed by atoms with Crippen LogP contribution in [-0.4, -0.2) is 18.4 Å². The molecule has 0 aliphatic rings. The van der Waals surface area contributed by atoms with Crippen LogP contribution in [0.1, 0.15) is 25.0 Å². The fraction of sp³-hybridized carbons (Fsp3) is 0.300. The number of aryl methyl sites for hydroxylation is 1. The second-order valence-electron chi connectivity index (χ2n) is 6.58. The third-order valence-electron chi connectivity index (χ3n) is 4.06. The maximum Gasteiger partial charge on any atom is 0.239 e. The van der Waals surface area contributed by atoms with Gasteiger partial charge in [0.25, 0.3) is 0 Å². The lowest BCUT2D eigenvalue weighted by Gasteiger charge is -2.22. The number of hydrogen-bond donors (Lipinski definition) is 2. The molecule has 0 spiro atoms. The van der Waals surface area contributed by atoms with Crippen LogP contribution in [0.3, 0.4) is 0 Å². The summed E-state index contributed by atoms with van der Waals surface area (Å²) < 4.78 is 12.9. The summed E-state index contributed by atoms with van der Waals surface area (Å²) in [5.74, 6) is -1.00. The first-order chi connectivity index (χ1) is 11.8. The van der Waals surface area contributed by atoms with Crippen LogP contribution in [0.25, 0.3) is 0 Å². The zero-order chi connectivity index (χ0) is 18.4. The van der Waals surface area contributed by atoms with Crippen molar-refractivity contribution in [3.05, 3.63) is 65.5 Å². The minimum absolute atomic E-state index is 0.290. The molecule has 2 aromatic rings. The Hall–Kier alpha value is -2.69. The van der Waals surface area contributed by atoms with E-state index in [4.69, 9.17) is 0 Å². The number of hydrogen-bond acceptors (Lipinski definition) is 2. The number of amides is 2. The molecule has 2 rings (SSSR count). The maximum absolute atomic E-state index is 12.9. The number of rotatable bonds is 6. The molecule has 2 amide bonds. The smallest absolute Gasteiger partial charge is 0.239 e. The van der Waals surface area contributed by atoms with E-state index in [9.17, 15) is 14.0 Å². The summed E-state index contributed by atoms with van der Waals surface area (Å²) >= 11 is 0. The van der Waals surface area contributed by atoms with Gasteiger partial charge in [0.05, 0.1) is 0 Å². The van der Waals surface area contributed by atoms with Gasteiger partial charge < -0.3 is 10.6 Å². The summed E-state index contributed by atoms with van der Waals surface area (Å²) in [5.41, 5.74) is 1.47. The van der Waals surface area contributed by atoms with Crippen molar-refractivity contribution in [2.45, 2.75) is 27.2 Å². The largest absolute Gasteiger partial charge is 0.355 e. The Balaban J connectivity index is 1.88. The lowest BCUT2D eigenvalue weighted by Crippen LogP contribution is -2.45. The maximum atomic E-state index is 12.9. The molecule has 0 saturated carbocycles. The lowest BCUT2D eigenvalue weighted by atomic mass is 9.90. The van der Waals surface area contributed by atoms with E-state index in [0.29, 0.717) is 18.7 Å². The van der Waals surface area contributed by atoms with Crippen molar-refractivity contribution < 1.29 is 14.0 Å². The zero-order valence-electron chi connectivity index (χ0n) is 14.7. The van der Waals surface area contributed by atoms with Crippen LogP contribution in [0.4, 0.5) is 10.1 Å². The molecule has 0 fully saturated rings. The third kappa shape index (κ3) is 5.14. The second-order valence-corrected chi connectivity index (χ2v) is 6.58. The van der Waals surface area contributed by atoms with Gasteiger partial charge in [-0.25, -0.2) is 4.39 Å². The average molecular weight is 342 g/mol. The molecule has 0 aliphatic carbocycles. The Labute approximate surface area is 147 Å². The molecule has 2 N–H and O–H groups in total. The van der Waals surface area contributed by atoms with Gasteiger partial charge in [-0.3, -0.25) is 9.59 Å². The van der Waals surface area contributed by atoms with Gasteiger partial charge >= 0.3 is 0 Å². The topological polar surface area (TPSA) is 58.2 Å². The van der Waals surface area contributed by atoms with E-state index in [1.54, 1.807) is 38.1 Å². The van der Waals surface area contributed by atoms with E-state index in [1.165, 1.54) is 12.1 Å². The number of anilines is 1. The predicted octanol–water partition coefficient (Wildman–Crippen LogP) is 3.46. The van der Waals surface area contributed by atoms with Crippen LogP contribution in [0.2, 0.25) is 0 Å². The van der Waals surface area contributed by atoms with Gasteiger partial charge in [-0.2, -0.15) is 0 Å². The van der Waals surface area contributed by atoms with Crippen molar-refractivity contribution in [2.24, 2.45) is 5.41 Å². The Morgan fingerprint density at radius 2 is 1.56 bits per heavy atom. The SMILES string of the molecule is Cc1ccc(NC(=O)C(C)(C)C(=O)NCCc2ccc(F)cc2)cc1. The van der Waals surface area contributed by atoms with Gasteiger partial charge in [0.1, 0.15) is 11.2 Å². The van der Waals surface area contributed by atoms with Crippen LogP contribution < -0.4 is 10.6 Å². The van der Waals surface area contributed by atoms with Gasteiger partial charge in [0, 0.05) is 12.2 Å². The predicted molar refractivity (Wildman–Crippen MR) is 96.7 cm³/mol. The standard InChI is InChI=1S/C20H23FN2O2/c1-14-4-10-17(11-5-14)23-19(25)20(2,3)18(24)22-13-12-15-6-8-16(21)9-7-15/h4-11H,12-13H2,1-3H3,(H,22,24)(H,23,25). The molecular weight excluding hydrogens is 319 g/mol. The third-order valence-corrected chi connectivity index (χ3v) is 4.06. The quantitative estimate of drug-likeness (QED) is 0.790. The summed E-state index contributed by atoms with van der Waals surface area (Å²) in [6.07, 6.45) is 0.571. The first-order valence-corrected chi connectivity index (χ1v) is 8.20. The molecule has 25 heavy (non-hydrogen) atoms. The molecule has 2 aromatic carbocycles. The highest BCUT2D eigenvalue weighted by atomic mass is 19.1. The van der Waals surface area contributed by atoms with Crippen molar-refractivity contribution in [3.63, 3.8) is 0 Å². The number of carbonyl (C=O) groups excluding carboxylic acids is 2. The monoisotopic (exact) mass is 342 g/mol. The molecule has 5 heteroatoms. The molecule has 0 unspecified atom stereocenters. The molecule has 0 atom stereocenters. The molecule has 4 nitrogen and oxygen atoms in total. The van der Waals surface area contributed by atoms with Crippen LogP contribution >= 0.6 is 0 Å². The van der Waals surface area contributed by atoms with Crippen LogP contribution in [-0.2, 0) is 16.0 Å². The number of nitrogens with one attached hydrogen (secondary N) is 2. The number of benzene rings is 2. The normalized spacial score (nSPS) is 11.0. The van der Waals surface area contributed by atoms with Crippen LogP contribution in [0, 0.1) is 18.2 Å². The molecule has 0 aromatic heterocycles. The lowest BCUT2D eigenvalue weighted by molar-refractivity contribution is -0.138. The fourth-order valence-electron chi connectivity index (χ4n) is 2.22. The van der Waals surface area contributed by atoms with E-state index in [-0.39, 0.29) is 17.6 Å². The first-order valence-electron chi connectivity index (χ1n) is 8.20. The van der Waals surface area contributed by atoms with E-state index in [0.717, 1.165) is 11.1 Å². The van der Waals surface area contributed by atoms with Crippen LogP contribution in [0.15, 0.2) is 48.5 Å². The first kappa shape index (κ1) is 18.6. The molecule has 0 heterocycles. The molecule has 0 radical (unpaired) electrons. The van der Waals surface area contributed by atoms with Crippen molar-refractivity contribution in [1.82, 2.24) is 5.32 Å². The Kier molecular flexibility index (Phi) is 5.91. The summed E-state index contributed by atoms with van der Waals surface area (Å²) in [6.45, 7) is 5.52. The minimum Gasteiger partial charge on any atom is -0.355 e. The average Bonchev–Trinajstić information content (AvgIpc) is 2.58. The van der Waals surface area contributed by atoms with E-state index in [2.05, 4.69) is 10.6 Å². The van der Waals surface area contributed by atoms with Crippen molar-refractivity contribution in [3.8, 4) is 0 Å². The number of carbonyl (C=O) groups is 2. The highest BCUT2D eigenvalue weighted by Crippen LogP contribution is 2.19. The Bertz CT molecular complexity index is 737. The van der Waals surface area contributed by atoms with Gasteiger partial charge in [-0.1, -0.05) is 29.8 Å². The highest BCUT2D eigenvalue weighted by Gasteiger charge is 2.35. The summed E-state index contributed by atoms with van der Waals surface area (Å²) in [6, 6.07) is 13.5.